The van der Waals surface area contributed by atoms with E-state index in [2.05, 4.69) is 10.6 Å². The molecule has 0 aromatic heterocycles. The summed E-state index contributed by atoms with van der Waals surface area (Å²) in [4.78, 5) is 50.2. The van der Waals surface area contributed by atoms with Gasteiger partial charge in [-0.05, 0) is 44.0 Å². The number of piperazine rings is 1. The Kier molecular flexibility index (Phi) is 11.5. The lowest BCUT2D eigenvalue weighted by Gasteiger charge is -2.36. The summed E-state index contributed by atoms with van der Waals surface area (Å²) in [5.74, 6) is -1.79. The van der Waals surface area contributed by atoms with Crippen molar-refractivity contribution in [3.8, 4) is 0 Å². The zero-order chi connectivity index (χ0) is 24.9. The first-order valence-electron chi connectivity index (χ1n) is 11.6. The zero-order valence-electron chi connectivity index (χ0n) is 19.7. The molecular formula is C24H33N3O6S. The van der Waals surface area contributed by atoms with Crippen LogP contribution >= 0.6 is 12.2 Å². The molecule has 0 aliphatic carbocycles. The van der Waals surface area contributed by atoms with E-state index in [0.29, 0.717) is 25.9 Å². The fourth-order valence-corrected chi connectivity index (χ4v) is 3.66. The van der Waals surface area contributed by atoms with Gasteiger partial charge in [-0.25, -0.2) is 0 Å². The topological polar surface area (TPSA) is 114 Å². The monoisotopic (exact) mass is 491 g/mol. The molecule has 2 atom stereocenters. The van der Waals surface area contributed by atoms with Gasteiger partial charge in [-0.15, -0.1) is 0 Å². The van der Waals surface area contributed by atoms with Crippen LogP contribution in [0.3, 0.4) is 0 Å². The smallest absolute Gasteiger partial charge is 0.308 e. The third kappa shape index (κ3) is 9.46. The number of hydrogen-bond acceptors (Lipinski definition) is 7. The third-order valence-electron chi connectivity index (χ3n) is 5.38. The van der Waals surface area contributed by atoms with Crippen LogP contribution < -0.4 is 10.6 Å². The molecule has 0 bridgehead atoms. The average molecular weight is 492 g/mol. The number of hydrogen-bond donors (Lipinski definition) is 2. The van der Waals surface area contributed by atoms with E-state index in [1.807, 2.05) is 37.3 Å². The Balaban J connectivity index is 1.73. The van der Waals surface area contributed by atoms with Gasteiger partial charge in [0.05, 0.1) is 25.6 Å². The first-order chi connectivity index (χ1) is 16.3. The Morgan fingerprint density at radius 1 is 1.21 bits per heavy atom. The van der Waals surface area contributed by atoms with Crippen LogP contribution in [0.1, 0.15) is 51.5 Å². The SMILES string of the molecule is CCC(C)OC(=O)CC1C(=O)NCCN1C(=S)NC(=O)CCC(=O)OCCCc1ccccc1. The molecular weight excluding hydrogens is 458 g/mol. The standard InChI is InChI=1S/C24H33N3O6S/c1-3-17(2)33-22(30)16-19-23(31)25-13-14-27(19)24(34)26-20(28)11-12-21(29)32-15-7-10-18-8-5-4-6-9-18/h4-6,8-9,17,19H,3,7,10-16H2,1-2H3,(H,25,31)(H,26,28,34). The minimum Gasteiger partial charge on any atom is -0.466 e. The molecule has 34 heavy (non-hydrogen) atoms. The van der Waals surface area contributed by atoms with Crippen molar-refractivity contribution in [3.63, 3.8) is 0 Å². The fourth-order valence-electron chi connectivity index (χ4n) is 3.32. The van der Waals surface area contributed by atoms with E-state index in [4.69, 9.17) is 21.7 Å². The second kappa shape index (κ2) is 14.3. The lowest BCUT2D eigenvalue weighted by molar-refractivity contribution is -0.151. The van der Waals surface area contributed by atoms with E-state index in [1.54, 1.807) is 6.92 Å². The molecule has 2 unspecified atom stereocenters. The van der Waals surface area contributed by atoms with Gasteiger partial charge in [0.15, 0.2) is 5.11 Å². The van der Waals surface area contributed by atoms with Crippen molar-refractivity contribution in [2.24, 2.45) is 0 Å². The normalized spacial score (nSPS) is 16.2. The minimum atomic E-state index is -0.868. The predicted molar refractivity (Wildman–Crippen MR) is 130 cm³/mol. The molecule has 1 aromatic carbocycles. The molecule has 2 N–H and O–H groups in total. The number of benzene rings is 1. The summed E-state index contributed by atoms with van der Waals surface area (Å²) in [7, 11) is 0. The average Bonchev–Trinajstić information content (AvgIpc) is 2.82. The summed E-state index contributed by atoms with van der Waals surface area (Å²) >= 11 is 5.30. The first kappa shape index (κ1) is 27.2. The molecule has 1 heterocycles. The Hall–Kier alpha value is -3.01. The highest BCUT2D eigenvalue weighted by Crippen LogP contribution is 2.12. The van der Waals surface area contributed by atoms with Gasteiger partial charge in [0.25, 0.3) is 0 Å². The summed E-state index contributed by atoms with van der Waals surface area (Å²) in [6, 6.07) is 9.03. The number of aryl methyl sites for hydroxylation is 1. The number of nitrogens with one attached hydrogen (secondary N) is 2. The largest absolute Gasteiger partial charge is 0.466 e. The lowest BCUT2D eigenvalue weighted by Crippen LogP contribution is -2.60. The number of carbonyl (C=O) groups is 4. The maximum Gasteiger partial charge on any atom is 0.308 e. The van der Waals surface area contributed by atoms with Gasteiger partial charge in [0.1, 0.15) is 6.04 Å². The zero-order valence-corrected chi connectivity index (χ0v) is 20.5. The second-order valence-electron chi connectivity index (χ2n) is 8.08. The molecule has 1 fully saturated rings. The fraction of sp³-hybridized carbons (Fsp3) is 0.542. The van der Waals surface area contributed by atoms with Crippen molar-refractivity contribution in [1.29, 1.82) is 0 Å². The molecule has 0 radical (unpaired) electrons. The number of rotatable bonds is 11. The number of esters is 2. The quantitative estimate of drug-likeness (QED) is 0.274. The van der Waals surface area contributed by atoms with E-state index >= 15 is 0 Å². The van der Waals surface area contributed by atoms with Crippen molar-refractivity contribution in [1.82, 2.24) is 15.5 Å². The first-order valence-corrected chi connectivity index (χ1v) is 12.0. The Bertz CT molecular complexity index is 864. The van der Waals surface area contributed by atoms with Crippen LogP contribution in [0.25, 0.3) is 0 Å². The molecule has 9 nitrogen and oxygen atoms in total. The van der Waals surface area contributed by atoms with Crippen LogP contribution in [0.15, 0.2) is 30.3 Å². The highest BCUT2D eigenvalue weighted by atomic mass is 32.1. The molecule has 186 valence electrons. The summed E-state index contributed by atoms with van der Waals surface area (Å²) in [5.41, 5.74) is 1.17. The van der Waals surface area contributed by atoms with Crippen LogP contribution in [0.2, 0.25) is 0 Å². The van der Waals surface area contributed by atoms with Gasteiger partial charge in [0.2, 0.25) is 11.8 Å². The predicted octanol–water partition coefficient (Wildman–Crippen LogP) is 1.88. The van der Waals surface area contributed by atoms with E-state index in [0.717, 1.165) is 6.42 Å². The summed E-state index contributed by atoms with van der Waals surface area (Å²) in [5, 5.41) is 5.28. The van der Waals surface area contributed by atoms with Crippen molar-refractivity contribution >= 4 is 41.1 Å². The van der Waals surface area contributed by atoms with E-state index < -0.39 is 23.9 Å². The Morgan fingerprint density at radius 3 is 2.65 bits per heavy atom. The van der Waals surface area contributed by atoms with E-state index in [9.17, 15) is 19.2 Å². The molecule has 1 aromatic rings. The van der Waals surface area contributed by atoms with E-state index in [1.165, 1.54) is 10.5 Å². The molecule has 1 aliphatic heterocycles. The van der Waals surface area contributed by atoms with Gasteiger partial charge < -0.3 is 25.0 Å². The summed E-state index contributed by atoms with van der Waals surface area (Å²) in [6.45, 7) is 4.63. The van der Waals surface area contributed by atoms with Gasteiger partial charge in [0, 0.05) is 19.5 Å². The van der Waals surface area contributed by atoms with Crippen LogP contribution in [0.5, 0.6) is 0 Å². The van der Waals surface area contributed by atoms with Crippen molar-refractivity contribution in [2.75, 3.05) is 19.7 Å². The van der Waals surface area contributed by atoms with Gasteiger partial charge in [-0.2, -0.15) is 0 Å². The highest BCUT2D eigenvalue weighted by molar-refractivity contribution is 7.80. The molecule has 0 saturated carbocycles. The van der Waals surface area contributed by atoms with Crippen LogP contribution in [-0.4, -0.2) is 65.6 Å². The second-order valence-corrected chi connectivity index (χ2v) is 8.46. The summed E-state index contributed by atoms with van der Waals surface area (Å²) in [6.07, 6.45) is 1.56. The van der Waals surface area contributed by atoms with Crippen molar-refractivity contribution < 1.29 is 28.7 Å². The number of amides is 2. The highest BCUT2D eigenvalue weighted by Gasteiger charge is 2.34. The number of nitrogens with zero attached hydrogens (tertiary/aromatic N) is 1. The Labute approximate surface area is 205 Å². The molecule has 1 saturated heterocycles. The minimum absolute atomic E-state index is 0.0393. The molecule has 0 spiro atoms. The number of thiocarbonyl (C=S) groups is 1. The third-order valence-corrected chi connectivity index (χ3v) is 5.71. The summed E-state index contributed by atoms with van der Waals surface area (Å²) < 4.78 is 10.4. The van der Waals surface area contributed by atoms with Gasteiger partial charge in [-0.3, -0.25) is 19.2 Å². The molecule has 1 aliphatic rings. The van der Waals surface area contributed by atoms with Crippen LogP contribution in [-0.2, 0) is 35.1 Å². The number of carbonyl (C=O) groups excluding carboxylic acids is 4. The maximum atomic E-state index is 12.3. The van der Waals surface area contributed by atoms with Crippen molar-refractivity contribution in [2.45, 2.75) is 64.5 Å². The maximum absolute atomic E-state index is 12.3. The Morgan fingerprint density at radius 2 is 1.94 bits per heavy atom. The lowest BCUT2D eigenvalue weighted by atomic mass is 10.1. The molecule has 10 heteroatoms. The number of ether oxygens (including phenoxy) is 2. The van der Waals surface area contributed by atoms with Crippen LogP contribution in [0.4, 0.5) is 0 Å². The van der Waals surface area contributed by atoms with Gasteiger partial charge >= 0.3 is 11.9 Å². The van der Waals surface area contributed by atoms with Crippen LogP contribution in [0, 0.1) is 0 Å². The van der Waals surface area contributed by atoms with E-state index in [-0.39, 0.29) is 43.0 Å². The van der Waals surface area contributed by atoms with Gasteiger partial charge in [-0.1, -0.05) is 37.3 Å². The molecule has 2 rings (SSSR count). The van der Waals surface area contributed by atoms with Crippen molar-refractivity contribution in [3.05, 3.63) is 35.9 Å². The molecule has 2 amide bonds.